The molecule has 0 radical (unpaired) electrons. The van der Waals surface area contributed by atoms with Gasteiger partial charge in [0.25, 0.3) is 0 Å². The second-order valence-electron chi connectivity index (χ2n) is 4.33. The van der Waals surface area contributed by atoms with E-state index in [4.69, 9.17) is 17.3 Å². The van der Waals surface area contributed by atoms with Gasteiger partial charge in [-0.25, -0.2) is 9.97 Å². The molecule has 1 aliphatic carbocycles. The third-order valence-electron chi connectivity index (χ3n) is 3.04. The lowest BCUT2D eigenvalue weighted by molar-refractivity contribution is 0.338. The summed E-state index contributed by atoms with van der Waals surface area (Å²) in [5.41, 5.74) is 6.74. The molecule has 0 aliphatic heterocycles. The zero-order valence-corrected chi connectivity index (χ0v) is 10.7. The summed E-state index contributed by atoms with van der Waals surface area (Å²) in [5, 5.41) is 0. The molecule has 1 fully saturated rings. The Kier molecular flexibility index (Phi) is 2.86. The van der Waals surface area contributed by atoms with Crippen molar-refractivity contribution in [2.75, 3.05) is 0 Å². The fourth-order valence-electron chi connectivity index (χ4n) is 2.03. The highest BCUT2D eigenvalue weighted by molar-refractivity contribution is 7.19. The van der Waals surface area contributed by atoms with E-state index < -0.39 is 0 Å². The lowest BCUT2D eigenvalue weighted by Crippen LogP contribution is -2.35. The average Bonchev–Trinajstić information content (AvgIpc) is 2.72. The molecule has 2 aromatic rings. The average molecular weight is 266 g/mol. The predicted molar refractivity (Wildman–Crippen MR) is 70.3 cm³/mol. The Bertz CT molecular complexity index is 534. The molecule has 0 atom stereocenters. The van der Waals surface area contributed by atoms with E-state index in [-0.39, 0.29) is 0 Å². The van der Waals surface area contributed by atoms with Gasteiger partial charge in [-0.15, -0.1) is 11.3 Å². The highest BCUT2D eigenvalue weighted by Gasteiger charge is 2.29. The largest absolute Gasteiger partial charge is 0.328 e. The summed E-state index contributed by atoms with van der Waals surface area (Å²) in [6.07, 6.45) is 3.80. The summed E-state index contributed by atoms with van der Waals surface area (Å²) in [6.45, 7) is 0. The highest BCUT2D eigenvalue weighted by atomic mass is 35.5. The van der Waals surface area contributed by atoms with Crippen LogP contribution in [0.4, 0.5) is 0 Å². The molecule has 0 saturated heterocycles. The number of rotatable bonds is 2. The van der Waals surface area contributed by atoms with Gasteiger partial charge < -0.3 is 5.73 Å². The zero-order valence-electron chi connectivity index (χ0n) is 9.14. The van der Waals surface area contributed by atoms with E-state index in [2.05, 4.69) is 9.97 Å². The van der Waals surface area contributed by atoms with Gasteiger partial charge in [0.1, 0.15) is 5.82 Å². The summed E-state index contributed by atoms with van der Waals surface area (Å²) < 4.78 is 0.783. The van der Waals surface area contributed by atoms with E-state index in [1.54, 1.807) is 0 Å². The number of nitrogens with two attached hydrogens (primary N) is 1. The second-order valence-corrected chi connectivity index (χ2v) is 6.05. The maximum absolute atomic E-state index is 5.93. The van der Waals surface area contributed by atoms with Crippen LogP contribution in [0.2, 0.25) is 4.34 Å². The van der Waals surface area contributed by atoms with Gasteiger partial charge in [-0.2, -0.15) is 0 Å². The van der Waals surface area contributed by atoms with E-state index in [9.17, 15) is 0 Å². The van der Waals surface area contributed by atoms with Crippen LogP contribution < -0.4 is 5.73 Å². The van der Waals surface area contributed by atoms with E-state index in [0.717, 1.165) is 33.6 Å². The molecular weight excluding hydrogens is 254 g/mol. The molecule has 1 saturated carbocycles. The van der Waals surface area contributed by atoms with Gasteiger partial charge in [0.15, 0.2) is 0 Å². The smallest absolute Gasteiger partial charge is 0.132 e. The molecule has 5 heteroatoms. The molecule has 17 heavy (non-hydrogen) atoms. The van der Waals surface area contributed by atoms with Crippen LogP contribution in [0, 0.1) is 0 Å². The van der Waals surface area contributed by atoms with Crippen LogP contribution in [0.25, 0.3) is 10.6 Å². The fraction of sp³-hybridized carbons (Fsp3) is 0.333. The van der Waals surface area contributed by atoms with Gasteiger partial charge in [0, 0.05) is 18.2 Å². The van der Waals surface area contributed by atoms with Crippen molar-refractivity contribution in [1.29, 1.82) is 0 Å². The molecule has 2 heterocycles. The first kappa shape index (κ1) is 11.1. The van der Waals surface area contributed by atoms with Crippen LogP contribution in [0.1, 0.15) is 24.6 Å². The van der Waals surface area contributed by atoms with Crippen molar-refractivity contribution in [3.8, 4) is 10.6 Å². The Labute approximate surface area is 109 Å². The quantitative estimate of drug-likeness (QED) is 0.908. The normalized spacial score (nSPS) is 23.4. The van der Waals surface area contributed by atoms with Crippen LogP contribution in [-0.4, -0.2) is 16.0 Å². The molecule has 0 unspecified atom stereocenters. The molecule has 1 aliphatic rings. The van der Waals surface area contributed by atoms with Gasteiger partial charge in [-0.3, -0.25) is 0 Å². The minimum absolute atomic E-state index is 0.323. The molecule has 88 valence electrons. The van der Waals surface area contributed by atoms with Crippen LogP contribution in [0.5, 0.6) is 0 Å². The van der Waals surface area contributed by atoms with E-state index in [1.807, 2.05) is 24.4 Å². The van der Waals surface area contributed by atoms with Crippen molar-refractivity contribution >= 4 is 22.9 Å². The molecule has 3 rings (SSSR count). The molecule has 0 spiro atoms. The summed E-state index contributed by atoms with van der Waals surface area (Å²) in [4.78, 5) is 10.0. The topological polar surface area (TPSA) is 51.8 Å². The maximum atomic E-state index is 5.93. The van der Waals surface area contributed by atoms with Crippen LogP contribution in [0.15, 0.2) is 24.4 Å². The highest BCUT2D eigenvalue weighted by Crippen LogP contribution is 2.35. The van der Waals surface area contributed by atoms with Crippen LogP contribution in [0.3, 0.4) is 0 Å². The van der Waals surface area contributed by atoms with Gasteiger partial charge in [0.05, 0.1) is 14.9 Å². The molecule has 0 amide bonds. The monoisotopic (exact) mass is 265 g/mol. The Hall–Kier alpha value is -0.970. The number of hydrogen-bond acceptors (Lipinski definition) is 4. The van der Waals surface area contributed by atoms with Crippen molar-refractivity contribution in [3.63, 3.8) is 0 Å². The number of hydrogen-bond donors (Lipinski definition) is 1. The molecule has 2 N–H and O–H groups in total. The fourth-order valence-corrected chi connectivity index (χ4v) is 3.05. The minimum Gasteiger partial charge on any atom is -0.328 e. The Balaban J connectivity index is 1.89. The Morgan fingerprint density at radius 1 is 1.29 bits per heavy atom. The lowest BCUT2D eigenvalue weighted by atomic mass is 9.80. The summed E-state index contributed by atoms with van der Waals surface area (Å²) in [6, 6.07) is 6.13. The van der Waals surface area contributed by atoms with Crippen molar-refractivity contribution in [2.24, 2.45) is 5.73 Å². The van der Waals surface area contributed by atoms with Crippen molar-refractivity contribution in [1.82, 2.24) is 9.97 Å². The van der Waals surface area contributed by atoms with E-state index >= 15 is 0 Å². The third kappa shape index (κ3) is 2.20. The molecule has 2 aromatic heterocycles. The van der Waals surface area contributed by atoms with Gasteiger partial charge >= 0.3 is 0 Å². The first-order valence-electron chi connectivity index (χ1n) is 5.56. The number of halogens is 1. The Morgan fingerprint density at radius 2 is 2.12 bits per heavy atom. The van der Waals surface area contributed by atoms with Gasteiger partial charge in [-0.05, 0) is 31.0 Å². The van der Waals surface area contributed by atoms with E-state index in [0.29, 0.717) is 12.0 Å². The summed E-state index contributed by atoms with van der Waals surface area (Å²) >= 11 is 7.47. The van der Waals surface area contributed by atoms with Gasteiger partial charge in [0.2, 0.25) is 0 Å². The van der Waals surface area contributed by atoms with Crippen molar-refractivity contribution in [3.05, 3.63) is 34.6 Å². The van der Waals surface area contributed by atoms with E-state index in [1.165, 1.54) is 11.3 Å². The SMILES string of the molecule is NC1CC(c2nccc(-c3ccc(Cl)s3)n2)C1. The number of aromatic nitrogens is 2. The standard InChI is InChI=1S/C12H12ClN3S/c13-11-2-1-10(17-11)9-3-4-15-12(16-9)7-5-8(14)6-7/h1-4,7-8H,5-6,14H2. The summed E-state index contributed by atoms with van der Waals surface area (Å²) in [5.74, 6) is 1.34. The van der Waals surface area contributed by atoms with Crippen LogP contribution in [-0.2, 0) is 0 Å². The van der Waals surface area contributed by atoms with Crippen molar-refractivity contribution in [2.45, 2.75) is 24.8 Å². The minimum atomic E-state index is 0.323. The number of nitrogens with zero attached hydrogens (tertiary/aromatic N) is 2. The molecule has 3 nitrogen and oxygen atoms in total. The molecule has 0 aromatic carbocycles. The first-order chi connectivity index (χ1) is 8.22. The second kappa shape index (κ2) is 4.37. The van der Waals surface area contributed by atoms with Crippen LogP contribution >= 0.6 is 22.9 Å². The first-order valence-corrected chi connectivity index (χ1v) is 6.76. The lowest BCUT2D eigenvalue weighted by Gasteiger charge is -2.31. The predicted octanol–water partition coefficient (Wildman–Crippen LogP) is 3.06. The third-order valence-corrected chi connectivity index (χ3v) is 4.29. The van der Waals surface area contributed by atoms with Gasteiger partial charge in [-0.1, -0.05) is 11.6 Å². The van der Waals surface area contributed by atoms with Crippen molar-refractivity contribution < 1.29 is 0 Å². The zero-order chi connectivity index (χ0) is 11.8. The number of thiophene rings is 1. The molecular formula is C12H12ClN3S. The summed E-state index contributed by atoms with van der Waals surface area (Å²) in [7, 11) is 0. The molecule has 0 bridgehead atoms. The Morgan fingerprint density at radius 3 is 2.76 bits per heavy atom. The maximum Gasteiger partial charge on any atom is 0.132 e.